The van der Waals surface area contributed by atoms with Gasteiger partial charge in [-0.1, -0.05) is 12.3 Å². The van der Waals surface area contributed by atoms with Crippen LogP contribution in [0.3, 0.4) is 0 Å². The zero-order valence-corrected chi connectivity index (χ0v) is 7.49. The number of halogens is 1. The third-order valence-corrected chi connectivity index (χ3v) is 2.70. The van der Waals surface area contributed by atoms with Crippen molar-refractivity contribution in [2.75, 3.05) is 0 Å². The molecule has 62 valence electrons. The van der Waals surface area contributed by atoms with Crippen molar-refractivity contribution < 1.29 is 5.11 Å². The van der Waals surface area contributed by atoms with Crippen LogP contribution in [0.25, 0.3) is 0 Å². The van der Waals surface area contributed by atoms with Gasteiger partial charge in [-0.2, -0.15) is 0 Å². The van der Waals surface area contributed by atoms with Crippen molar-refractivity contribution in [3.63, 3.8) is 0 Å². The molecule has 1 rings (SSSR count). The molecule has 1 N–H and O–H groups in total. The highest BCUT2D eigenvalue weighted by Gasteiger charge is 2.35. The fraction of sp³-hybridized carbons (Fsp3) is 0.778. The Morgan fingerprint density at radius 1 is 1.55 bits per heavy atom. The van der Waals surface area contributed by atoms with Gasteiger partial charge in [-0.25, -0.2) is 0 Å². The number of alkyl halides is 1. The van der Waals surface area contributed by atoms with E-state index in [1.54, 1.807) is 6.92 Å². The summed E-state index contributed by atoms with van der Waals surface area (Å²) < 4.78 is 0. The molecular formula is C9H13ClO. The predicted molar refractivity (Wildman–Crippen MR) is 46.5 cm³/mol. The second-order valence-electron chi connectivity index (χ2n) is 3.01. The van der Waals surface area contributed by atoms with Gasteiger partial charge in [0.1, 0.15) is 5.60 Å². The summed E-state index contributed by atoms with van der Waals surface area (Å²) in [5.41, 5.74) is -0.908. The van der Waals surface area contributed by atoms with Gasteiger partial charge in [0.25, 0.3) is 0 Å². The Labute approximate surface area is 72.7 Å². The van der Waals surface area contributed by atoms with Crippen LogP contribution >= 0.6 is 11.6 Å². The molecule has 0 aromatic heterocycles. The molecule has 11 heavy (non-hydrogen) atoms. The van der Waals surface area contributed by atoms with E-state index in [0.717, 1.165) is 25.7 Å². The Morgan fingerprint density at radius 3 is 2.82 bits per heavy atom. The highest BCUT2D eigenvalue weighted by molar-refractivity contribution is 6.21. The zero-order chi connectivity index (χ0) is 8.32. The van der Waals surface area contributed by atoms with Gasteiger partial charge in [-0.3, -0.25) is 0 Å². The largest absolute Gasteiger partial charge is 0.376 e. The number of hydrogen-bond acceptors (Lipinski definition) is 1. The molecule has 0 radical (unpaired) electrons. The molecule has 0 heterocycles. The topological polar surface area (TPSA) is 20.2 Å². The van der Waals surface area contributed by atoms with Gasteiger partial charge in [-0.05, 0) is 26.2 Å². The normalized spacial score (nSPS) is 37.5. The Morgan fingerprint density at radius 2 is 2.27 bits per heavy atom. The molecule has 1 fully saturated rings. The standard InChI is InChI=1S/C9H13ClO/c1-2-6-9(11)7-4-3-5-8(9)10/h8,11H,3-5,7H2,1H3/t8-,9+/m1/s1. The maximum absolute atomic E-state index is 9.83. The Hall–Kier alpha value is -0.190. The van der Waals surface area contributed by atoms with Gasteiger partial charge in [0, 0.05) is 0 Å². The molecule has 2 heteroatoms. The van der Waals surface area contributed by atoms with Crippen LogP contribution in [0.5, 0.6) is 0 Å². The average molecular weight is 173 g/mol. The van der Waals surface area contributed by atoms with Crippen molar-refractivity contribution in [3.8, 4) is 11.8 Å². The number of hydrogen-bond donors (Lipinski definition) is 1. The summed E-state index contributed by atoms with van der Waals surface area (Å²) in [7, 11) is 0. The van der Waals surface area contributed by atoms with E-state index in [1.807, 2.05) is 0 Å². The van der Waals surface area contributed by atoms with E-state index in [9.17, 15) is 5.11 Å². The lowest BCUT2D eigenvalue weighted by molar-refractivity contribution is 0.0653. The van der Waals surface area contributed by atoms with E-state index >= 15 is 0 Å². The maximum atomic E-state index is 9.83. The molecule has 1 nitrogen and oxygen atoms in total. The molecule has 0 bridgehead atoms. The third kappa shape index (κ3) is 1.89. The minimum absolute atomic E-state index is 0.177. The summed E-state index contributed by atoms with van der Waals surface area (Å²) >= 11 is 5.95. The monoisotopic (exact) mass is 172 g/mol. The van der Waals surface area contributed by atoms with Gasteiger partial charge in [0.05, 0.1) is 5.38 Å². The van der Waals surface area contributed by atoms with Crippen molar-refractivity contribution in [1.29, 1.82) is 0 Å². The van der Waals surface area contributed by atoms with Crippen molar-refractivity contribution in [3.05, 3.63) is 0 Å². The summed E-state index contributed by atoms with van der Waals surface area (Å²) in [6.45, 7) is 1.73. The van der Waals surface area contributed by atoms with Crippen LogP contribution in [-0.2, 0) is 0 Å². The predicted octanol–water partition coefficient (Wildman–Crippen LogP) is 1.92. The summed E-state index contributed by atoms with van der Waals surface area (Å²) in [5, 5.41) is 9.66. The van der Waals surface area contributed by atoms with Crippen molar-refractivity contribution in [2.45, 2.75) is 43.6 Å². The van der Waals surface area contributed by atoms with Gasteiger partial charge in [0.15, 0.2) is 0 Å². The van der Waals surface area contributed by atoms with Crippen LogP contribution in [0.15, 0.2) is 0 Å². The maximum Gasteiger partial charge on any atom is 0.141 e. The van der Waals surface area contributed by atoms with Crippen LogP contribution in [0.4, 0.5) is 0 Å². The fourth-order valence-electron chi connectivity index (χ4n) is 1.47. The van der Waals surface area contributed by atoms with E-state index in [4.69, 9.17) is 11.6 Å². The second-order valence-corrected chi connectivity index (χ2v) is 3.54. The smallest absolute Gasteiger partial charge is 0.141 e. The quantitative estimate of drug-likeness (QED) is 0.437. The van der Waals surface area contributed by atoms with Gasteiger partial charge in [0.2, 0.25) is 0 Å². The second kappa shape index (κ2) is 3.47. The summed E-state index contributed by atoms with van der Waals surface area (Å²) in [6.07, 6.45) is 3.75. The molecule has 0 unspecified atom stereocenters. The molecule has 2 atom stereocenters. The van der Waals surface area contributed by atoms with Gasteiger partial charge in [-0.15, -0.1) is 17.5 Å². The molecule has 0 saturated heterocycles. The summed E-state index contributed by atoms with van der Waals surface area (Å²) in [6, 6.07) is 0. The highest BCUT2D eigenvalue weighted by atomic mass is 35.5. The van der Waals surface area contributed by atoms with E-state index < -0.39 is 5.60 Å². The van der Waals surface area contributed by atoms with Crippen LogP contribution in [-0.4, -0.2) is 16.1 Å². The van der Waals surface area contributed by atoms with E-state index in [2.05, 4.69) is 11.8 Å². The first-order valence-electron chi connectivity index (χ1n) is 3.99. The van der Waals surface area contributed by atoms with Crippen molar-refractivity contribution in [2.24, 2.45) is 0 Å². The lowest BCUT2D eigenvalue weighted by atomic mass is 9.85. The van der Waals surface area contributed by atoms with Crippen molar-refractivity contribution >= 4 is 11.6 Å². The Kier molecular flexibility index (Phi) is 2.81. The van der Waals surface area contributed by atoms with E-state index in [0.29, 0.717) is 0 Å². The van der Waals surface area contributed by atoms with E-state index in [-0.39, 0.29) is 5.38 Å². The fourth-order valence-corrected chi connectivity index (χ4v) is 1.79. The van der Waals surface area contributed by atoms with Crippen LogP contribution < -0.4 is 0 Å². The Balaban J connectivity index is 2.69. The first-order chi connectivity index (χ1) is 5.19. The minimum Gasteiger partial charge on any atom is -0.376 e. The molecule has 0 aromatic carbocycles. The zero-order valence-electron chi connectivity index (χ0n) is 6.73. The van der Waals surface area contributed by atoms with Crippen LogP contribution in [0, 0.1) is 11.8 Å². The highest BCUT2D eigenvalue weighted by Crippen LogP contribution is 2.31. The average Bonchev–Trinajstić information content (AvgIpc) is 1.96. The number of aliphatic hydroxyl groups is 1. The molecular weight excluding hydrogens is 160 g/mol. The van der Waals surface area contributed by atoms with Gasteiger partial charge >= 0.3 is 0 Å². The van der Waals surface area contributed by atoms with Crippen LogP contribution in [0.1, 0.15) is 32.6 Å². The molecule has 0 aliphatic heterocycles. The first-order valence-corrected chi connectivity index (χ1v) is 4.43. The van der Waals surface area contributed by atoms with Gasteiger partial charge < -0.3 is 5.11 Å². The van der Waals surface area contributed by atoms with Crippen molar-refractivity contribution in [1.82, 2.24) is 0 Å². The molecule has 0 spiro atoms. The number of rotatable bonds is 0. The van der Waals surface area contributed by atoms with Crippen LogP contribution in [0.2, 0.25) is 0 Å². The Bertz CT molecular complexity index is 191. The van der Waals surface area contributed by atoms with E-state index in [1.165, 1.54) is 0 Å². The SMILES string of the molecule is CC#C[C@]1(O)CCCC[C@H]1Cl. The molecule has 1 aliphatic carbocycles. The third-order valence-electron chi connectivity index (χ3n) is 2.13. The molecule has 1 aliphatic rings. The molecule has 0 aromatic rings. The lowest BCUT2D eigenvalue weighted by Crippen LogP contribution is -2.40. The summed E-state index contributed by atoms with van der Waals surface area (Å²) in [4.78, 5) is 0. The lowest BCUT2D eigenvalue weighted by Gasteiger charge is -2.31. The first kappa shape index (κ1) is 8.90. The summed E-state index contributed by atoms with van der Waals surface area (Å²) in [5.74, 6) is 5.51. The molecule has 0 amide bonds. The minimum atomic E-state index is -0.908. The molecule has 1 saturated carbocycles.